The van der Waals surface area contributed by atoms with Gasteiger partial charge < -0.3 is 9.84 Å². The van der Waals surface area contributed by atoms with Crippen molar-refractivity contribution in [1.82, 2.24) is 15.5 Å². The molecule has 0 aliphatic heterocycles. The number of nitrogens with zero attached hydrogens (tertiary/aromatic N) is 2. The van der Waals surface area contributed by atoms with Crippen LogP contribution in [0.25, 0.3) is 0 Å². The third-order valence-corrected chi connectivity index (χ3v) is 2.73. The Balaban J connectivity index is 1.82. The van der Waals surface area contributed by atoms with E-state index in [0.717, 1.165) is 30.6 Å². The van der Waals surface area contributed by atoms with E-state index in [0.29, 0.717) is 6.54 Å². The van der Waals surface area contributed by atoms with Crippen molar-refractivity contribution in [1.29, 1.82) is 0 Å². The van der Waals surface area contributed by atoms with Crippen LogP contribution in [0.1, 0.15) is 37.9 Å². The highest BCUT2D eigenvalue weighted by Gasteiger charge is 2.20. The van der Waals surface area contributed by atoms with Crippen LogP contribution in [0, 0.1) is 5.92 Å². The summed E-state index contributed by atoms with van der Waals surface area (Å²) in [7, 11) is 0. The van der Waals surface area contributed by atoms with E-state index in [9.17, 15) is 0 Å². The van der Waals surface area contributed by atoms with E-state index in [4.69, 9.17) is 4.52 Å². The van der Waals surface area contributed by atoms with Crippen LogP contribution in [0.2, 0.25) is 0 Å². The second kappa shape index (κ2) is 4.55. The van der Waals surface area contributed by atoms with E-state index in [1.165, 1.54) is 19.3 Å². The first-order valence-electron chi connectivity index (χ1n) is 5.40. The van der Waals surface area contributed by atoms with Crippen LogP contribution in [-0.2, 0) is 13.0 Å². The van der Waals surface area contributed by atoms with Gasteiger partial charge in [-0.15, -0.1) is 0 Å². The van der Waals surface area contributed by atoms with Gasteiger partial charge in [-0.25, -0.2) is 0 Å². The van der Waals surface area contributed by atoms with E-state index in [2.05, 4.69) is 22.4 Å². The molecule has 4 heteroatoms. The summed E-state index contributed by atoms with van der Waals surface area (Å²) in [6.45, 7) is 3.71. The average Bonchev–Trinajstić information content (AvgIpc) is 2.56. The summed E-state index contributed by atoms with van der Waals surface area (Å²) in [6, 6.07) is 0. The lowest BCUT2D eigenvalue weighted by Crippen LogP contribution is -2.14. The molecule has 78 valence electrons. The van der Waals surface area contributed by atoms with Gasteiger partial charge >= 0.3 is 0 Å². The molecule has 14 heavy (non-hydrogen) atoms. The van der Waals surface area contributed by atoms with Crippen molar-refractivity contribution in [2.45, 2.75) is 39.2 Å². The Bertz CT molecular complexity index is 281. The molecule has 1 aromatic heterocycles. The predicted octanol–water partition coefficient (Wildman–Crippen LogP) is 1.52. The molecule has 0 atom stereocenters. The van der Waals surface area contributed by atoms with Gasteiger partial charge in [0.25, 0.3) is 0 Å². The van der Waals surface area contributed by atoms with Crippen LogP contribution in [0.3, 0.4) is 0 Å². The third-order valence-electron chi connectivity index (χ3n) is 2.73. The summed E-state index contributed by atoms with van der Waals surface area (Å²) in [4.78, 5) is 4.33. The number of aromatic nitrogens is 2. The monoisotopic (exact) mass is 195 g/mol. The van der Waals surface area contributed by atoms with Crippen LogP contribution in [0.15, 0.2) is 4.52 Å². The molecule has 0 amide bonds. The normalized spacial score (nSPS) is 16.9. The average molecular weight is 195 g/mol. The first kappa shape index (κ1) is 9.65. The number of hydrogen-bond donors (Lipinski definition) is 1. The number of rotatable bonds is 5. The van der Waals surface area contributed by atoms with Crippen LogP contribution >= 0.6 is 0 Å². The lowest BCUT2D eigenvalue weighted by molar-refractivity contribution is 0.273. The second-order valence-corrected chi connectivity index (χ2v) is 3.89. The smallest absolute Gasteiger partial charge is 0.226 e. The second-order valence-electron chi connectivity index (χ2n) is 3.89. The fraction of sp³-hybridized carbons (Fsp3) is 0.800. The third kappa shape index (κ3) is 2.32. The molecule has 1 aromatic rings. The van der Waals surface area contributed by atoms with Crippen molar-refractivity contribution >= 4 is 0 Å². The Kier molecular flexibility index (Phi) is 3.14. The maximum atomic E-state index is 5.17. The van der Waals surface area contributed by atoms with Crippen molar-refractivity contribution in [3.05, 3.63) is 11.7 Å². The maximum Gasteiger partial charge on any atom is 0.226 e. The van der Waals surface area contributed by atoms with E-state index in [-0.39, 0.29) is 0 Å². The van der Waals surface area contributed by atoms with Gasteiger partial charge in [0.2, 0.25) is 5.89 Å². The van der Waals surface area contributed by atoms with Crippen LogP contribution in [-0.4, -0.2) is 16.7 Å². The van der Waals surface area contributed by atoms with Crippen molar-refractivity contribution < 1.29 is 4.52 Å². The molecule has 0 bridgehead atoms. The van der Waals surface area contributed by atoms with Crippen LogP contribution < -0.4 is 5.32 Å². The van der Waals surface area contributed by atoms with Gasteiger partial charge in [0.15, 0.2) is 5.82 Å². The number of nitrogens with one attached hydrogen (secondary N) is 1. The zero-order valence-electron chi connectivity index (χ0n) is 8.62. The highest BCUT2D eigenvalue weighted by atomic mass is 16.5. The quantitative estimate of drug-likeness (QED) is 0.774. The minimum absolute atomic E-state index is 0.713. The van der Waals surface area contributed by atoms with Gasteiger partial charge in [-0.05, 0) is 25.3 Å². The van der Waals surface area contributed by atoms with Crippen LogP contribution in [0.5, 0.6) is 0 Å². The lowest BCUT2D eigenvalue weighted by atomic mass is 9.83. The molecule has 0 unspecified atom stereocenters. The summed E-state index contributed by atoms with van der Waals surface area (Å²) < 4.78 is 5.17. The molecule has 1 fully saturated rings. The molecular weight excluding hydrogens is 178 g/mol. The van der Waals surface area contributed by atoms with E-state index in [1.807, 2.05) is 0 Å². The Labute approximate surface area is 84.1 Å². The first-order valence-corrected chi connectivity index (χ1v) is 5.40. The SMILES string of the molecule is CCNCc1noc(CC2CCC2)n1. The minimum Gasteiger partial charge on any atom is -0.339 e. The summed E-state index contributed by atoms with van der Waals surface area (Å²) in [5.74, 6) is 2.38. The molecule has 0 saturated heterocycles. The van der Waals surface area contributed by atoms with Gasteiger partial charge in [-0.1, -0.05) is 18.5 Å². The summed E-state index contributed by atoms with van der Waals surface area (Å²) in [5.41, 5.74) is 0. The molecule has 1 heterocycles. The lowest BCUT2D eigenvalue weighted by Gasteiger charge is -2.23. The van der Waals surface area contributed by atoms with E-state index in [1.54, 1.807) is 0 Å². The van der Waals surface area contributed by atoms with Crippen molar-refractivity contribution in [2.24, 2.45) is 5.92 Å². The van der Waals surface area contributed by atoms with Crippen molar-refractivity contribution in [3.63, 3.8) is 0 Å². The highest BCUT2D eigenvalue weighted by molar-refractivity contribution is 4.89. The molecule has 0 radical (unpaired) electrons. The van der Waals surface area contributed by atoms with Crippen LogP contribution in [0.4, 0.5) is 0 Å². The van der Waals surface area contributed by atoms with E-state index < -0.39 is 0 Å². The molecule has 2 rings (SSSR count). The van der Waals surface area contributed by atoms with Gasteiger partial charge in [0.1, 0.15) is 0 Å². The Hall–Kier alpha value is -0.900. The summed E-state index contributed by atoms with van der Waals surface area (Å²) in [6.07, 6.45) is 4.98. The zero-order valence-corrected chi connectivity index (χ0v) is 8.62. The molecule has 1 aliphatic carbocycles. The molecule has 0 spiro atoms. The Morgan fingerprint density at radius 1 is 1.50 bits per heavy atom. The topological polar surface area (TPSA) is 51.0 Å². The fourth-order valence-electron chi connectivity index (χ4n) is 1.63. The number of hydrogen-bond acceptors (Lipinski definition) is 4. The predicted molar refractivity (Wildman–Crippen MR) is 52.7 cm³/mol. The standard InChI is InChI=1S/C10H17N3O/c1-2-11-7-9-12-10(14-13-9)6-8-4-3-5-8/h8,11H,2-7H2,1H3. The van der Waals surface area contributed by atoms with Crippen molar-refractivity contribution in [3.8, 4) is 0 Å². The molecule has 0 aromatic carbocycles. The minimum atomic E-state index is 0.713. The first-order chi connectivity index (χ1) is 6.88. The van der Waals surface area contributed by atoms with Gasteiger partial charge in [-0.2, -0.15) is 4.98 Å². The summed E-state index contributed by atoms with van der Waals surface area (Å²) in [5, 5.41) is 7.09. The highest BCUT2D eigenvalue weighted by Crippen LogP contribution is 2.29. The Morgan fingerprint density at radius 2 is 2.36 bits per heavy atom. The summed E-state index contributed by atoms with van der Waals surface area (Å²) >= 11 is 0. The van der Waals surface area contributed by atoms with E-state index >= 15 is 0 Å². The molecule has 1 saturated carbocycles. The van der Waals surface area contributed by atoms with Crippen molar-refractivity contribution in [2.75, 3.05) is 6.54 Å². The molecule has 1 N–H and O–H groups in total. The largest absolute Gasteiger partial charge is 0.339 e. The van der Waals surface area contributed by atoms with Gasteiger partial charge in [-0.3, -0.25) is 0 Å². The Morgan fingerprint density at radius 3 is 3.00 bits per heavy atom. The zero-order chi connectivity index (χ0) is 9.80. The fourth-order valence-corrected chi connectivity index (χ4v) is 1.63. The maximum absolute atomic E-state index is 5.17. The van der Waals surface area contributed by atoms with Gasteiger partial charge in [0.05, 0.1) is 6.54 Å². The molecular formula is C10H17N3O. The molecule has 1 aliphatic rings. The van der Waals surface area contributed by atoms with Gasteiger partial charge in [0, 0.05) is 6.42 Å². The molecule has 4 nitrogen and oxygen atoms in total.